The number of ether oxygens (including phenoxy) is 1. The lowest BCUT2D eigenvalue weighted by atomic mass is 10.2. The second-order valence-corrected chi connectivity index (χ2v) is 6.43. The first-order valence-electron chi connectivity index (χ1n) is 9.02. The van der Waals surface area contributed by atoms with E-state index in [0.29, 0.717) is 45.1 Å². The third kappa shape index (κ3) is 4.05. The van der Waals surface area contributed by atoms with Crippen molar-refractivity contribution in [2.75, 3.05) is 37.7 Å². The van der Waals surface area contributed by atoms with E-state index in [9.17, 15) is 14.4 Å². The zero-order valence-electron chi connectivity index (χ0n) is 15.6. The van der Waals surface area contributed by atoms with Crippen molar-refractivity contribution in [2.45, 2.75) is 13.5 Å². The molecule has 27 heavy (non-hydrogen) atoms. The van der Waals surface area contributed by atoms with E-state index in [2.05, 4.69) is 0 Å². The van der Waals surface area contributed by atoms with Gasteiger partial charge in [-0.2, -0.15) is 0 Å². The molecule has 1 aliphatic heterocycles. The van der Waals surface area contributed by atoms with Crippen molar-refractivity contribution in [3.05, 3.63) is 62.8 Å². The van der Waals surface area contributed by atoms with E-state index in [4.69, 9.17) is 4.74 Å². The van der Waals surface area contributed by atoms with E-state index >= 15 is 0 Å². The Hall–Kier alpha value is -3.03. The third-order valence-electron chi connectivity index (χ3n) is 4.69. The van der Waals surface area contributed by atoms with E-state index in [0.717, 1.165) is 10.1 Å². The molecule has 1 aliphatic rings. The number of piperazine rings is 1. The van der Waals surface area contributed by atoms with Gasteiger partial charge in [0, 0.05) is 39.3 Å². The lowest BCUT2D eigenvalue weighted by molar-refractivity contribution is 0.105. The SMILES string of the molecule is CCOC(=O)N1CCN(c2cc(=O)n(C)c(=O)n2Cc2ccccc2)CC1. The number of nitrogens with zero attached hydrogens (tertiary/aromatic N) is 4. The second-order valence-electron chi connectivity index (χ2n) is 6.43. The molecule has 0 unspecified atom stereocenters. The molecule has 1 amide bonds. The maximum Gasteiger partial charge on any atom is 0.409 e. The van der Waals surface area contributed by atoms with Crippen LogP contribution in [0, 0.1) is 0 Å². The zero-order valence-corrected chi connectivity index (χ0v) is 15.6. The summed E-state index contributed by atoms with van der Waals surface area (Å²) >= 11 is 0. The Labute approximate surface area is 157 Å². The van der Waals surface area contributed by atoms with Crippen LogP contribution in [-0.2, 0) is 18.3 Å². The molecule has 0 radical (unpaired) electrons. The summed E-state index contributed by atoms with van der Waals surface area (Å²) in [5, 5.41) is 0. The Kier molecular flexibility index (Phi) is 5.63. The average Bonchev–Trinajstić information content (AvgIpc) is 2.69. The molecule has 0 atom stereocenters. The first-order chi connectivity index (χ1) is 13.0. The Balaban J connectivity index is 1.88. The minimum Gasteiger partial charge on any atom is -0.450 e. The van der Waals surface area contributed by atoms with Crippen molar-refractivity contribution in [3.63, 3.8) is 0 Å². The van der Waals surface area contributed by atoms with Gasteiger partial charge in [-0.05, 0) is 12.5 Å². The number of carbonyl (C=O) groups is 1. The van der Waals surface area contributed by atoms with E-state index < -0.39 is 0 Å². The van der Waals surface area contributed by atoms with Gasteiger partial charge in [0.05, 0.1) is 13.2 Å². The van der Waals surface area contributed by atoms with Gasteiger partial charge in [0.15, 0.2) is 0 Å². The lowest BCUT2D eigenvalue weighted by Crippen LogP contribution is -2.51. The highest BCUT2D eigenvalue weighted by atomic mass is 16.6. The Morgan fingerprint density at radius 1 is 1.07 bits per heavy atom. The van der Waals surface area contributed by atoms with Gasteiger partial charge in [0.2, 0.25) is 0 Å². The molecule has 2 heterocycles. The van der Waals surface area contributed by atoms with Crippen molar-refractivity contribution in [1.82, 2.24) is 14.0 Å². The smallest absolute Gasteiger partial charge is 0.409 e. The van der Waals surface area contributed by atoms with Crippen molar-refractivity contribution in [3.8, 4) is 0 Å². The van der Waals surface area contributed by atoms with Crippen LogP contribution in [0.25, 0.3) is 0 Å². The lowest BCUT2D eigenvalue weighted by Gasteiger charge is -2.36. The molecule has 0 aliphatic carbocycles. The van der Waals surface area contributed by atoms with Crippen LogP contribution < -0.4 is 16.1 Å². The molecule has 1 aromatic heterocycles. The normalized spacial score (nSPS) is 14.3. The first-order valence-corrected chi connectivity index (χ1v) is 9.02. The van der Waals surface area contributed by atoms with Gasteiger partial charge in [-0.25, -0.2) is 9.59 Å². The first kappa shape index (κ1) is 18.8. The molecule has 1 fully saturated rings. The highest BCUT2D eigenvalue weighted by Gasteiger charge is 2.24. The highest BCUT2D eigenvalue weighted by molar-refractivity contribution is 5.68. The van der Waals surface area contributed by atoms with Crippen molar-refractivity contribution < 1.29 is 9.53 Å². The summed E-state index contributed by atoms with van der Waals surface area (Å²) in [6.07, 6.45) is -0.331. The Morgan fingerprint density at radius 2 is 1.74 bits per heavy atom. The van der Waals surface area contributed by atoms with Crippen LogP contribution in [0.4, 0.5) is 10.6 Å². The predicted molar refractivity (Wildman–Crippen MR) is 102 cm³/mol. The molecule has 0 spiro atoms. The van der Waals surface area contributed by atoms with Crippen molar-refractivity contribution in [1.29, 1.82) is 0 Å². The number of hydrogen-bond acceptors (Lipinski definition) is 5. The third-order valence-corrected chi connectivity index (χ3v) is 4.69. The molecule has 1 saturated heterocycles. The van der Waals surface area contributed by atoms with Crippen LogP contribution in [0.3, 0.4) is 0 Å². The molecule has 0 bridgehead atoms. The molecule has 144 valence electrons. The predicted octanol–water partition coefficient (Wildman–Crippen LogP) is 0.874. The van der Waals surface area contributed by atoms with Gasteiger partial charge in [0.25, 0.3) is 5.56 Å². The summed E-state index contributed by atoms with van der Waals surface area (Å²) in [6.45, 7) is 4.50. The fourth-order valence-electron chi connectivity index (χ4n) is 3.17. The number of hydrogen-bond donors (Lipinski definition) is 0. The summed E-state index contributed by atoms with van der Waals surface area (Å²) < 4.78 is 7.76. The van der Waals surface area contributed by atoms with E-state index in [-0.39, 0.29) is 17.3 Å². The van der Waals surface area contributed by atoms with Gasteiger partial charge in [-0.1, -0.05) is 30.3 Å². The molecule has 2 aromatic rings. The summed E-state index contributed by atoms with van der Waals surface area (Å²) in [6, 6.07) is 11.1. The Morgan fingerprint density at radius 3 is 2.37 bits per heavy atom. The number of rotatable bonds is 4. The molecular formula is C19H24N4O4. The molecule has 8 heteroatoms. The van der Waals surface area contributed by atoms with E-state index in [1.807, 2.05) is 35.2 Å². The zero-order chi connectivity index (χ0) is 19.4. The fraction of sp³-hybridized carbons (Fsp3) is 0.421. The standard InChI is InChI=1S/C19H24N4O4/c1-3-27-19(26)22-11-9-21(10-12-22)16-13-17(24)20(2)18(25)23(16)14-15-7-5-4-6-8-15/h4-8,13H,3,9-12,14H2,1-2H3. The summed E-state index contributed by atoms with van der Waals surface area (Å²) in [5.74, 6) is 0.579. The Bertz CT molecular complexity index is 912. The largest absolute Gasteiger partial charge is 0.450 e. The van der Waals surface area contributed by atoms with Crippen LogP contribution in [0.5, 0.6) is 0 Å². The molecule has 3 rings (SSSR count). The maximum atomic E-state index is 12.7. The van der Waals surface area contributed by atoms with Crippen molar-refractivity contribution >= 4 is 11.9 Å². The van der Waals surface area contributed by atoms with Gasteiger partial charge in [0.1, 0.15) is 5.82 Å². The summed E-state index contributed by atoms with van der Waals surface area (Å²) in [5.41, 5.74) is 0.283. The van der Waals surface area contributed by atoms with Gasteiger partial charge < -0.3 is 14.5 Å². The van der Waals surface area contributed by atoms with Crippen LogP contribution in [-0.4, -0.2) is 52.9 Å². The summed E-state index contributed by atoms with van der Waals surface area (Å²) in [7, 11) is 1.48. The summed E-state index contributed by atoms with van der Waals surface area (Å²) in [4.78, 5) is 40.4. The van der Waals surface area contributed by atoms with E-state index in [1.165, 1.54) is 13.1 Å². The van der Waals surface area contributed by atoms with Gasteiger partial charge >= 0.3 is 11.8 Å². The minimum atomic E-state index is -0.353. The molecule has 0 saturated carbocycles. The molecule has 0 N–H and O–H groups in total. The number of amides is 1. The van der Waals surface area contributed by atoms with Crippen LogP contribution in [0.2, 0.25) is 0 Å². The number of carbonyl (C=O) groups excluding carboxylic acids is 1. The number of benzene rings is 1. The number of aromatic nitrogens is 2. The maximum absolute atomic E-state index is 12.7. The van der Waals surface area contributed by atoms with Crippen LogP contribution >= 0.6 is 0 Å². The molecule has 8 nitrogen and oxygen atoms in total. The van der Waals surface area contributed by atoms with Crippen LogP contribution in [0.1, 0.15) is 12.5 Å². The molecular weight excluding hydrogens is 348 g/mol. The van der Waals surface area contributed by atoms with Crippen molar-refractivity contribution in [2.24, 2.45) is 7.05 Å². The number of anilines is 1. The van der Waals surface area contributed by atoms with E-state index in [1.54, 1.807) is 16.4 Å². The molecule has 1 aromatic carbocycles. The fourth-order valence-corrected chi connectivity index (χ4v) is 3.17. The van der Waals surface area contributed by atoms with Gasteiger partial charge in [-0.3, -0.25) is 13.9 Å². The minimum absolute atomic E-state index is 0.331. The topological polar surface area (TPSA) is 76.8 Å². The van der Waals surface area contributed by atoms with Gasteiger partial charge in [-0.15, -0.1) is 0 Å². The highest BCUT2D eigenvalue weighted by Crippen LogP contribution is 2.15. The average molecular weight is 372 g/mol. The second kappa shape index (κ2) is 8.11. The van der Waals surface area contributed by atoms with Crippen LogP contribution in [0.15, 0.2) is 46.0 Å². The quantitative estimate of drug-likeness (QED) is 0.796. The monoisotopic (exact) mass is 372 g/mol.